The molecule has 0 bridgehead atoms. The molecule has 1 aliphatic carbocycles. The van der Waals surface area contributed by atoms with Gasteiger partial charge in [0.15, 0.2) is 0 Å². The molecule has 3 rings (SSSR count). The van der Waals surface area contributed by atoms with Crippen LogP contribution in [0.4, 0.5) is 4.79 Å². The van der Waals surface area contributed by atoms with E-state index in [0.717, 1.165) is 22.3 Å². The number of alkyl carbamates (subject to hydrolysis) is 1. The molecule has 33 heavy (non-hydrogen) atoms. The summed E-state index contributed by atoms with van der Waals surface area (Å²) in [4.78, 5) is 36.5. The third-order valence-electron chi connectivity index (χ3n) is 6.06. The largest absolute Gasteiger partial charge is 0.481 e. The van der Waals surface area contributed by atoms with Crippen molar-refractivity contribution in [1.29, 1.82) is 0 Å². The normalized spacial score (nSPS) is 14.2. The summed E-state index contributed by atoms with van der Waals surface area (Å²) in [6, 6.07) is 14.9. The van der Waals surface area contributed by atoms with E-state index in [1.165, 1.54) is 0 Å². The second-order valence-electron chi connectivity index (χ2n) is 8.77. The minimum absolute atomic E-state index is 0.0539. The van der Waals surface area contributed by atoms with E-state index in [4.69, 9.17) is 9.84 Å². The number of nitrogens with one attached hydrogen (secondary N) is 2. The number of aliphatic carboxylic acids is 1. The molecule has 1 aliphatic rings. The van der Waals surface area contributed by atoms with Crippen molar-refractivity contribution >= 4 is 18.0 Å². The third-order valence-corrected chi connectivity index (χ3v) is 6.06. The van der Waals surface area contributed by atoms with Gasteiger partial charge in [0.25, 0.3) is 0 Å². The van der Waals surface area contributed by atoms with Crippen LogP contribution < -0.4 is 10.6 Å². The van der Waals surface area contributed by atoms with Gasteiger partial charge in [0.05, 0.1) is 6.42 Å². The summed E-state index contributed by atoms with van der Waals surface area (Å²) in [6.45, 7) is 5.77. The molecule has 7 nitrogen and oxygen atoms in total. The van der Waals surface area contributed by atoms with Gasteiger partial charge in [-0.25, -0.2) is 4.79 Å². The number of ether oxygens (including phenoxy) is 1. The molecule has 0 heterocycles. The minimum atomic E-state index is -0.981. The Morgan fingerprint density at radius 1 is 0.970 bits per heavy atom. The second-order valence-corrected chi connectivity index (χ2v) is 8.77. The van der Waals surface area contributed by atoms with Gasteiger partial charge in [0.2, 0.25) is 5.91 Å². The zero-order valence-electron chi connectivity index (χ0n) is 19.3. The smallest absolute Gasteiger partial charge is 0.407 e. The first-order chi connectivity index (χ1) is 15.8. The summed E-state index contributed by atoms with van der Waals surface area (Å²) >= 11 is 0. The van der Waals surface area contributed by atoms with Gasteiger partial charge in [-0.1, -0.05) is 75.7 Å². The maximum absolute atomic E-state index is 12.8. The summed E-state index contributed by atoms with van der Waals surface area (Å²) in [5, 5.41) is 14.5. The van der Waals surface area contributed by atoms with E-state index in [0.29, 0.717) is 12.8 Å². The van der Waals surface area contributed by atoms with Crippen molar-refractivity contribution in [2.75, 3.05) is 6.61 Å². The van der Waals surface area contributed by atoms with Crippen LogP contribution in [0, 0.1) is 5.92 Å². The summed E-state index contributed by atoms with van der Waals surface area (Å²) < 4.78 is 5.56. The number of carboxylic acid groups (broad SMARTS) is 1. The van der Waals surface area contributed by atoms with Gasteiger partial charge in [0.1, 0.15) is 12.6 Å². The number of rotatable bonds is 10. The fourth-order valence-corrected chi connectivity index (χ4v) is 4.26. The fourth-order valence-electron chi connectivity index (χ4n) is 4.26. The average Bonchev–Trinajstić information content (AvgIpc) is 3.10. The molecule has 2 aromatic rings. The maximum atomic E-state index is 12.8. The molecule has 2 amide bonds. The van der Waals surface area contributed by atoms with Crippen molar-refractivity contribution in [3.8, 4) is 11.1 Å². The van der Waals surface area contributed by atoms with Crippen LogP contribution in [-0.2, 0) is 14.3 Å². The van der Waals surface area contributed by atoms with Gasteiger partial charge < -0.3 is 20.5 Å². The van der Waals surface area contributed by atoms with E-state index in [1.54, 1.807) is 0 Å². The molecule has 0 saturated carbocycles. The Bertz CT molecular complexity index is 958. The summed E-state index contributed by atoms with van der Waals surface area (Å²) in [5.74, 6) is -1.50. The Morgan fingerprint density at radius 2 is 1.55 bits per heavy atom. The highest BCUT2D eigenvalue weighted by atomic mass is 16.5. The highest BCUT2D eigenvalue weighted by Crippen LogP contribution is 2.44. The fraction of sp³-hybridized carbons (Fsp3) is 0.423. The predicted octanol–water partition coefficient (Wildman–Crippen LogP) is 4.31. The molecular weight excluding hydrogens is 420 g/mol. The highest BCUT2D eigenvalue weighted by molar-refractivity contribution is 5.86. The lowest BCUT2D eigenvalue weighted by molar-refractivity contribution is -0.138. The number of hydrogen-bond donors (Lipinski definition) is 3. The first-order valence-electron chi connectivity index (χ1n) is 11.5. The Labute approximate surface area is 194 Å². The Hall–Kier alpha value is -3.35. The second kappa shape index (κ2) is 11.0. The van der Waals surface area contributed by atoms with E-state index in [-0.39, 0.29) is 24.9 Å². The molecule has 7 heteroatoms. The average molecular weight is 453 g/mol. The molecule has 0 aromatic heterocycles. The third kappa shape index (κ3) is 5.92. The number of hydrogen-bond acceptors (Lipinski definition) is 4. The molecule has 0 spiro atoms. The van der Waals surface area contributed by atoms with Crippen LogP contribution in [0.15, 0.2) is 48.5 Å². The van der Waals surface area contributed by atoms with Gasteiger partial charge in [0, 0.05) is 12.0 Å². The van der Waals surface area contributed by atoms with Crippen molar-refractivity contribution in [1.82, 2.24) is 10.6 Å². The van der Waals surface area contributed by atoms with Gasteiger partial charge in [-0.05, 0) is 34.6 Å². The molecule has 176 valence electrons. The lowest BCUT2D eigenvalue weighted by Gasteiger charge is -2.25. The van der Waals surface area contributed by atoms with Gasteiger partial charge in [-0.15, -0.1) is 0 Å². The molecule has 0 saturated heterocycles. The van der Waals surface area contributed by atoms with Crippen molar-refractivity contribution < 1.29 is 24.2 Å². The standard InChI is InChI=1S/C26H32N2O5/c1-4-9-22(25(31)27-23(16(2)3)14-24(29)30)28-26(32)33-15-21-19-12-7-5-10-17(19)18-11-6-8-13-20(18)21/h5-8,10-13,16,21-23H,4,9,14-15H2,1-3H3,(H,27,31)(H,28,32)(H,29,30)/t22-,23+/m1/s1. The van der Waals surface area contributed by atoms with Crippen LogP contribution in [-0.4, -0.2) is 41.8 Å². The van der Waals surface area contributed by atoms with E-state index < -0.39 is 30.1 Å². The molecule has 0 radical (unpaired) electrons. The molecule has 0 aliphatic heterocycles. The monoisotopic (exact) mass is 452 g/mol. The van der Waals surface area contributed by atoms with Crippen LogP contribution in [0.5, 0.6) is 0 Å². The predicted molar refractivity (Wildman–Crippen MR) is 126 cm³/mol. The number of carboxylic acids is 1. The Morgan fingerprint density at radius 3 is 2.06 bits per heavy atom. The SMILES string of the molecule is CCC[C@@H](NC(=O)OCC1c2ccccc2-c2ccccc21)C(=O)N[C@@H](CC(=O)O)C(C)C. The summed E-state index contributed by atoms with van der Waals surface area (Å²) in [7, 11) is 0. The van der Waals surface area contributed by atoms with Gasteiger partial charge in [-0.3, -0.25) is 9.59 Å². The molecule has 2 aromatic carbocycles. The number of carbonyl (C=O) groups is 3. The molecular formula is C26H32N2O5. The minimum Gasteiger partial charge on any atom is -0.481 e. The molecule has 0 unspecified atom stereocenters. The molecule has 3 N–H and O–H groups in total. The van der Waals surface area contributed by atoms with Crippen molar-refractivity contribution in [3.05, 3.63) is 59.7 Å². The number of benzene rings is 2. The Kier molecular flexibility index (Phi) is 8.09. The zero-order valence-corrected chi connectivity index (χ0v) is 19.3. The van der Waals surface area contributed by atoms with Crippen molar-refractivity contribution in [2.24, 2.45) is 5.92 Å². The van der Waals surface area contributed by atoms with E-state index >= 15 is 0 Å². The number of amides is 2. The molecule has 0 fully saturated rings. The van der Waals surface area contributed by atoms with E-state index in [1.807, 2.05) is 57.2 Å². The van der Waals surface area contributed by atoms with Gasteiger partial charge >= 0.3 is 12.1 Å². The van der Waals surface area contributed by atoms with E-state index in [2.05, 4.69) is 22.8 Å². The maximum Gasteiger partial charge on any atom is 0.407 e. The van der Waals surface area contributed by atoms with Crippen molar-refractivity contribution in [2.45, 2.75) is 58.0 Å². The van der Waals surface area contributed by atoms with Crippen LogP contribution >= 0.6 is 0 Å². The lowest BCUT2D eigenvalue weighted by atomic mass is 9.98. The van der Waals surface area contributed by atoms with Crippen LogP contribution in [0.3, 0.4) is 0 Å². The lowest BCUT2D eigenvalue weighted by Crippen LogP contribution is -2.51. The summed E-state index contributed by atoms with van der Waals surface area (Å²) in [5.41, 5.74) is 4.51. The number of fused-ring (bicyclic) bond motifs is 3. The topological polar surface area (TPSA) is 105 Å². The zero-order chi connectivity index (χ0) is 24.0. The van der Waals surface area contributed by atoms with Gasteiger partial charge in [-0.2, -0.15) is 0 Å². The first-order valence-corrected chi connectivity index (χ1v) is 11.5. The quantitative estimate of drug-likeness (QED) is 0.498. The Balaban J connectivity index is 1.64. The van der Waals surface area contributed by atoms with Crippen LogP contribution in [0.2, 0.25) is 0 Å². The van der Waals surface area contributed by atoms with Crippen LogP contribution in [0.25, 0.3) is 11.1 Å². The van der Waals surface area contributed by atoms with E-state index in [9.17, 15) is 14.4 Å². The molecule has 2 atom stereocenters. The highest BCUT2D eigenvalue weighted by Gasteiger charge is 2.30. The summed E-state index contributed by atoms with van der Waals surface area (Å²) in [6.07, 6.45) is 0.263. The number of carbonyl (C=O) groups excluding carboxylic acids is 2. The van der Waals surface area contributed by atoms with Crippen molar-refractivity contribution in [3.63, 3.8) is 0 Å². The first kappa shape index (κ1) is 24.3. The van der Waals surface area contributed by atoms with Crippen LogP contribution in [0.1, 0.15) is 57.1 Å².